The zero-order valence-electron chi connectivity index (χ0n) is 12.1. The maximum Gasteiger partial charge on any atom is 0.274 e. The van der Waals surface area contributed by atoms with Crippen LogP contribution in [0.15, 0.2) is 23.0 Å². The SMILES string of the molecule is CC(C)(C)c1nnc(Nc2ccc3c(c2)OCO3)[nH]c1=O. The van der Waals surface area contributed by atoms with Crippen molar-refractivity contribution in [2.75, 3.05) is 12.1 Å². The summed E-state index contributed by atoms with van der Waals surface area (Å²) in [6, 6.07) is 5.38. The molecule has 0 spiro atoms. The zero-order chi connectivity index (χ0) is 15.0. The number of H-pyrrole nitrogens is 1. The fourth-order valence-corrected chi connectivity index (χ4v) is 2.00. The Morgan fingerprint density at radius 3 is 2.67 bits per heavy atom. The highest BCUT2D eigenvalue weighted by Gasteiger charge is 2.20. The molecule has 1 aliphatic heterocycles. The molecule has 0 amide bonds. The van der Waals surface area contributed by atoms with E-state index in [9.17, 15) is 4.79 Å². The first-order chi connectivity index (χ1) is 9.93. The van der Waals surface area contributed by atoms with E-state index in [1.54, 1.807) is 12.1 Å². The summed E-state index contributed by atoms with van der Waals surface area (Å²) < 4.78 is 10.5. The van der Waals surface area contributed by atoms with Gasteiger partial charge in [0.1, 0.15) is 5.69 Å². The summed E-state index contributed by atoms with van der Waals surface area (Å²) in [7, 11) is 0. The quantitative estimate of drug-likeness (QED) is 0.877. The Morgan fingerprint density at radius 1 is 1.19 bits per heavy atom. The van der Waals surface area contributed by atoms with Crippen molar-refractivity contribution in [3.05, 3.63) is 34.2 Å². The highest BCUT2D eigenvalue weighted by atomic mass is 16.7. The molecule has 0 radical (unpaired) electrons. The number of anilines is 2. The van der Waals surface area contributed by atoms with Gasteiger partial charge in [0, 0.05) is 17.2 Å². The van der Waals surface area contributed by atoms with Gasteiger partial charge in [-0.2, -0.15) is 0 Å². The van der Waals surface area contributed by atoms with E-state index in [-0.39, 0.29) is 23.7 Å². The third-order valence-electron chi connectivity index (χ3n) is 3.04. The number of aromatic amines is 1. The van der Waals surface area contributed by atoms with Crippen LogP contribution in [0.25, 0.3) is 0 Å². The van der Waals surface area contributed by atoms with Crippen LogP contribution in [-0.2, 0) is 5.41 Å². The summed E-state index contributed by atoms with van der Waals surface area (Å²) in [6.45, 7) is 5.96. The summed E-state index contributed by atoms with van der Waals surface area (Å²) in [5.41, 5.74) is 0.532. The Bertz CT molecular complexity index is 734. The first-order valence-electron chi connectivity index (χ1n) is 6.57. The molecule has 2 heterocycles. The van der Waals surface area contributed by atoms with Crippen LogP contribution in [-0.4, -0.2) is 22.0 Å². The number of benzene rings is 1. The lowest BCUT2D eigenvalue weighted by atomic mass is 9.93. The lowest BCUT2D eigenvalue weighted by Gasteiger charge is -2.15. The molecule has 0 aliphatic carbocycles. The average Bonchev–Trinajstić information content (AvgIpc) is 2.84. The first-order valence-corrected chi connectivity index (χ1v) is 6.57. The molecule has 0 saturated carbocycles. The van der Waals surface area contributed by atoms with Crippen molar-refractivity contribution < 1.29 is 9.47 Å². The fourth-order valence-electron chi connectivity index (χ4n) is 2.00. The van der Waals surface area contributed by atoms with Crippen molar-refractivity contribution in [2.24, 2.45) is 0 Å². The molecule has 2 aromatic rings. The van der Waals surface area contributed by atoms with E-state index in [1.807, 2.05) is 26.8 Å². The van der Waals surface area contributed by atoms with Crippen molar-refractivity contribution >= 4 is 11.6 Å². The largest absolute Gasteiger partial charge is 0.454 e. The normalized spacial score (nSPS) is 13.3. The molecule has 1 aromatic heterocycles. The van der Waals surface area contributed by atoms with Crippen molar-refractivity contribution in [2.45, 2.75) is 26.2 Å². The Hall–Kier alpha value is -2.57. The van der Waals surface area contributed by atoms with Crippen LogP contribution in [0.2, 0.25) is 0 Å². The molecule has 0 atom stereocenters. The van der Waals surface area contributed by atoms with Crippen LogP contribution in [0, 0.1) is 0 Å². The van der Waals surface area contributed by atoms with Crippen LogP contribution < -0.4 is 20.3 Å². The topological polar surface area (TPSA) is 89.1 Å². The minimum Gasteiger partial charge on any atom is -0.454 e. The van der Waals surface area contributed by atoms with Gasteiger partial charge in [-0.15, -0.1) is 10.2 Å². The van der Waals surface area contributed by atoms with E-state index < -0.39 is 0 Å². The van der Waals surface area contributed by atoms with E-state index in [0.29, 0.717) is 17.2 Å². The van der Waals surface area contributed by atoms with Crippen LogP contribution in [0.4, 0.5) is 11.6 Å². The number of hydrogen-bond donors (Lipinski definition) is 2. The van der Waals surface area contributed by atoms with E-state index >= 15 is 0 Å². The Balaban J connectivity index is 1.86. The maximum atomic E-state index is 12.0. The van der Waals surface area contributed by atoms with Gasteiger partial charge in [0.15, 0.2) is 11.5 Å². The smallest absolute Gasteiger partial charge is 0.274 e. The monoisotopic (exact) mass is 288 g/mol. The summed E-state index contributed by atoms with van der Waals surface area (Å²) in [4.78, 5) is 14.7. The zero-order valence-corrected chi connectivity index (χ0v) is 12.1. The van der Waals surface area contributed by atoms with Gasteiger partial charge >= 0.3 is 0 Å². The van der Waals surface area contributed by atoms with Gasteiger partial charge in [-0.05, 0) is 12.1 Å². The molecule has 7 nitrogen and oxygen atoms in total. The number of nitrogens with zero attached hydrogens (tertiary/aromatic N) is 2. The van der Waals surface area contributed by atoms with Crippen molar-refractivity contribution in [3.63, 3.8) is 0 Å². The second kappa shape index (κ2) is 4.76. The molecular weight excluding hydrogens is 272 g/mol. The van der Waals surface area contributed by atoms with Gasteiger partial charge in [0.2, 0.25) is 12.7 Å². The molecule has 2 N–H and O–H groups in total. The highest BCUT2D eigenvalue weighted by molar-refractivity contribution is 5.60. The van der Waals surface area contributed by atoms with Crippen molar-refractivity contribution in [3.8, 4) is 11.5 Å². The maximum absolute atomic E-state index is 12.0. The van der Waals surface area contributed by atoms with Gasteiger partial charge in [0.05, 0.1) is 0 Å². The molecule has 1 aromatic carbocycles. The van der Waals surface area contributed by atoms with Gasteiger partial charge in [-0.1, -0.05) is 20.8 Å². The standard InChI is InChI=1S/C14H16N4O3/c1-14(2,3)11-12(19)16-13(18-17-11)15-8-4-5-9-10(6-8)21-7-20-9/h4-6H,7H2,1-3H3,(H2,15,16,18,19). The van der Waals surface area contributed by atoms with Crippen LogP contribution >= 0.6 is 0 Å². The minimum atomic E-state index is -0.349. The third-order valence-corrected chi connectivity index (χ3v) is 3.04. The van der Waals surface area contributed by atoms with E-state index in [4.69, 9.17) is 9.47 Å². The Kier molecular flexibility index (Phi) is 3.04. The Labute approximate surface area is 121 Å². The lowest BCUT2D eigenvalue weighted by Crippen LogP contribution is -2.28. The summed E-state index contributed by atoms with van der Waals surface area (Å²) in [6.07, 6.45) is 0. The van der Waals surface area contributed by atoms with E-state index in [0.717, 1.165) is 5.69 Å². The predicted molar refractivity (Wildman–Crippen MR) is 77.2 cm³/mol. The molecule has 0 unspecified atom stereocenters. The molecule has 110 valence electrons. The number of hydrogen-bond acceptors (Lipinski definition) is 6. The van der Waals surface area contributed by atoms with Gasteiger partial charge in [0.25, 0.3) is 5.56 Å². The number of nitrogens with one attached hydrogen (secondary N) is 2. The second-order valence-corrected chi connectivity index (χ2v) is 5.79. The molecule has 0 saturated heterocycles. The first kappa shape index (κ1) is 13.4. The van der Waals surface area contributed by atoms with Gasteiger partial charge < -0.3 is 14.8 Å². The van der Waals surface area contributed by atoms with E-state index in [2.05, 4.69) is 20.5 Å². The Morgan fingerprint density at radius 2 is 1.95 bits per heavy atom. The average molecular weight is 288 g/mol. The molecule has 1 aliphatic rings. The number of aromatic nitrogens is 3. The van der Waals surface area contributed by atoms with Gasteiger partial charge in [-0.3, -0.25) is 9.78 Å². The van der Waals surface area contributed by atoms with Crippen LogP contribution in [0.1, 0.15) is 26.5 Å². The highest BCUT2D eigenvalue weighted by Crippen LogP contribution is 2.34. The molecule has 21 heavy (non-hydrogen) atoms. The molecule has 7 heteroatoms. The predicted octanol–water partition coefficient (Wildman–Crippen LogP) is 1.93. The van der Waals surface area contributed by atoms with Crippen LogP contribution in [0.5, 0.6) is 11.5 Å². The minimum absolute atomic E-state index is 0.218. The summed E-state index contributed by atoms with van der Waals surface area (Å²) >= 11 is 0. The fraction of sp³-hybridized carbons (Fsp3) is 0.357. The van der Waals surface area contributed by atoms with Crippen molar-refractivity contribution in [1.82, 2.24) is 15.2 Å². The number of rotatable bonds is 2. The summed E-state index contributed by atoms with van der Waals surface area (Å²) in [5, 5.41) is 11.0. The second-order valence-electron chi connectivity index (χ2n) is 5.79. The number of ether oxygens (including phenoxy) is 2. The van der Waals surface area contributed by atoms with Crippen molar-refractivity contribution in [1.29, 1.82) is 0 Å². The third kappa shape index (κ3) is 2.67. The molecule has 0 fully saturated rings. The van der Waals surface area contributed by atoms with Crippen LogP contribution in [0.3, 0.4) is 0 Å². The van der Waals surface area contributed by atoms with Gasteiger partial charge in [-0.25, -0.2) is 0 Å². The molecule has 0 bridgehead atoms. The van der Waals surface area contributed by atoms with E-state index in [1.165, 1.54) is 0 Å². The molecular formula is C14H16N4O3. The molecule has 3 rings (SSSR count). The lowest BCUT2D eigenvalue weighted by molar-refractivity contribution is 0.174. The summed E-state index contributed by atoms with van der Waals surface area (Å²) in [5.74, 6) is 1.64. The number of fused-ring (bicyclic) bond motifs is 1.